The zero-order valence-corrected chi connectivity index (χ0v) is 16.4. The first-order valence-corrected chi connectivity index (χ1v) is 9.07. The molecule has 0 aliphatic heterocycles. The van der Waals surface area contributed by atoms with E-state index in [1.165, 1.54) is 0 Å². The van der Waals surface area contributed by atoms with Gasteiger partial charge in [0.25, 0.3) is 0 Å². The molecule has 0 aromatic heterocycles. The highest BCUT2D eigenvalue weighted by atomic mass is 16.4. The first-order valence-electron chi connectivity index (χ1n) is 9.07. The number of carboxylic acids is 6. The summed E-state index contributed by atoms with van der Waals surface area (Å²) < 4.78 is 0. The highest BCUT2D eigenvalue weighted by Gasteiger charge is 1.90. The molecule has 12 nitrogen and oxygen atoms in total. The van der Waals surface area contributed by atoms with Crippen LogP contribution in [0.25, 0.3) is 0 Å². The van der Waals surface area contributed by atoms with E-state index in [-0.39, 0.29) is 38.5 Å². The lowest BCUT2D eigenvalue weighted by Crippen LogP contribution is -2.23. The van der Waals surface area contributed by atoms with Gasteiger partial charge in [-0.15, -0.1) is 0 Å². The lowest BCUT2D eigenvalue weighted by atomic mass is 10.2. The fraction of sp³-hybridized carbons (Fsp3) is 0.667. The molecule has 0 aromatic rings. The minimum Gasteiger partial charge on any atom is -0.550 e. The Labute approximate surface area is 173 Å². The van der Waals surface area contributed by atoms with Crippen molar-refractivity contribution in [2.75, 3.05) is 0 Å². The smallest absolute Gasteiger partial charge is 0.0414 e. The highest BCUT2D eigenvalue weighted by molar-refractivity contribution is 5.66. The van der Waals surface area contributed by atoms with Crippen LogP contribution < -0.4 is 30.6 Å². The Bertz CT molecular complexity index is 417. The van der Waals surface area contributed by atoms with Crippen molar-refractivity contribution in [2.45, 2.75) is 77.0 Å². The van der Waals surface area contributed by atoms with Gasteiger partial charge in [0.1, 0.15) is 0 Å². The molecule has 0 unspecified atom stereocenters. The fourth-order valence-electron chi connectivity index (χ4n) is 1.62. The molecule has 0 bridgehead atoms. The van der Waals surface area contributed by atoms with E-state index in [1.807, 2.05) is 0 Å². The largest absolute Gasteiger partial charge is 0.550 e. The second kappa shape index (κ2) is 22.1. The van der Waals surface area contributed by atoms with Gasteiger partial charge in [0, 0.05) is 35.8 Å². The van der Waals surface area contributed by atoms with Crippen molar-refractivity contribution < 1.29 is 59.4 Å². The van der Waals surface area contributed by atoms with E-state index < -0.39 is 35.8 Å². The third-order valence-electron chi connectivity index (χ3n) is 3.04. The molecule has 0 fully saturated rings. The number of hydrogen-bond acceptors (Lipinski definition) is 12. The van der Waals surface area contributed by atoms with Gasteiger partial charge in [-0.3, -0.25) is 0 Å². The molecule has 0 saturated carbocycles. The Morgan fingerprint density at radius 3 is 0.467 bits per heavy atom. The zero-order valence-electron chi connectivity index (χ0n) is 16.4. The van der Waals surface area contributed by atoms with Crippen molar-refractivity contribution in [2.24, 2.45) is 0 Å². The molecule has 0 amide bonds. The molecule has 0 radical (unpaired) electrons. The summed E-state index contributed by atoms with van der Waals surface area (Å²) in [7, 11) is 0. The van der Waals surface area contributed by atoms with Crippen LogP contribution in [0.5, 0.6) is 0 Å². The van der Waals surface area contributed by atoms with Crippen LogP contribution in [0.2, 0.25) is 0 Å². The lowest BCUT2D eigenvalue weighted by molar-refractivity contribution is -0.308. The number of unbranched alkanes of at least 4 members (excludes halogenated alkanes) is 3. The Morgan fingerprint density at radius 2 is 0.400 bits per heavy atom. The van der Waals surface area contributed by atoms with Crippen LogP contribution in [-0.2, 0) is 28.8 Å². The van der Waals surface area contributed by atoms with E-state index in [0.29, 0.717) is 38.5 Å². The van der Waals surface area contributed by atoms with Crippen LogP contribution in [0.3, 0.4) is 0 Å². The molecule has 0 spiro atoms. The van der Waals surface area contributed by atoms with E-state index in [1.54, 1.807) is 0 Å². The van der Waals surface area contributed by atoms with Gasteiger partial charge >= 0.3 is 0 Å². The first kappa shape index (κ1) is 31.5. The summed E-state index contributed by atoms with van der Waals surface area (Å²) in [6, 6.07) is 0. The Kier molecular flexibility index (Phi) is 23.2. The number of rotatable bonds is 15. The summed E-state index contributed by atoms with van der Waals surface area (Å²) in [5.74, 6) is -6.84. The van der Waals surface area contributed by atoms with Crippen molar-refractivity contribution in [3.8, 4) is 0 Å². The van der Waals surface area contributed by atoms with Crippen LogP contribution in [0.1, 0.15) is 77.0 Å². The van der Waals surface area contributed by atoms with E-state index in [2.05, 4.69) is 0 Å². The van der Waals surface area contributed by atoms with Crippen LogP contribution in [0.15, 0.2) is 0 Å². The molecule has 0 saturated heterocycles. The molecule has 0 N–H and O–H groups in total. The summed E-state index contributed by atoms with van der Waals surface area (Å²) in [6.07, 6.45) is 1.60. The lowest BCUT2D eigenvalue weighted by Gasteiger charge is -2.01. The topological polar surface area (TPSA) is 241 Å². The van der Waals surface area contributed by atoms with Crippen molar-refractivity contribution in [3.63, 3.8) is 0 Å². The maximum atomic E-state index is 9.77. The normalized spacial score (nSPS) is 9.20. The maximum absolute atomic E-state index is 9.77. The Morgan fingerprint density at radius 1 is 0.300 bits per heavy atom. The van der Waals surface area contributed by atoms with E-state index in [9.17, 15) is 59.4 Å². The molecule has 174 valence electrons. The summed E-state index contributed by atoms with van der Waals surface area (Å²) >= 11 is 0. The van der Waals surface area contributed by atoms with Gasteiger partial charge in [0.15, 0.2) is 0 Å². The average Bonchev–Trinajstić information content (AvgIpc) is 2.60. The predicted molar refractivity (Wildman–Crippen MR) is 85.4 cm³/mol. The molecule has 0 rings (SSSR count). The molecule has 12 heteroatoms. The minimum atomic E-state index is -1.14. The molecular weight excluding hydrogens is 408 g/mol. The summed E-state index contributed by atoms with van der Waals surface area (Å²) in [6.45, 7) is 0. The summed E-state index contributed by atoms with van der Waals surface area (Å²) in [5, 5.41) is 58.6. The zero-order chi connectivity index (χ0) is 23.9. The van der Waals surface area contributed by atoms with Gasteiger partial charge in [-0.25, -0.2) is 0 Å². The molecule has 0 atom stereocenters. The average molecular weight is 432 g/mol. The number of carbonyl (C=O) groups excluding carboxylic acids is 6. The van der Waals surface area contributed by atoms with Crippen LogP contribution in [0, 0.1) is 0 Å². The second-order valence-electron chi connectivity index (χ2n) is 5.85. The van der Waals surface area contributed by atoms with E-state index in [0.717, 1.165) is 0 Å². The number of hydrogen-bond donors (Lipinski definition) is 0. The monoisotopic (exact) mass is 432 g/mol. The maximum Gasteiger partial charge on any atom is 0.0414 e. The molecule has 0 aromatic carbocycles. The quantitative estimate of drug-likeness (QED) is 0.220. The minimum absolute atomic E-state index is 0.0761. The van der Waals surface area contributed by atoms with Crippen molar-refractivity contribution in [1.82, 2.24) is 0 Å². The molecule has 0 aliphatic rings. The van der Waals surface area contributed by atoms with Gasteiger partial charge in [-0.2, -0.15) is 0 Å². The second-order valence-corrected chi connectivity index (χ2v) is 5.85. The van der Waals surface area contributed by atoms with Crippen LogP contribution in [-0.4, -0.2) is 35.8 Å². The Hall–Kier alpha value is -3.18. The van der Waals surface area contributed by atoms with Crippen molar-refractivity contribution >= 4 is 35.8 Å². The van der Waals surface area contributed by atoms with Crippen molar-refractivity contribution in [1.29, 1.82) is 0 Å². The van der Waals surface area contributed by atoms with Crippen LogP contribution >= 0.6 is 0 Å². The molecule has 30 heavy (non-hydrogen) atoms. The molecular formula is C18H24O12-6. The fourth-order valence-corrected chi connectivity index (χ4v) is 1.62. The predicted octanol–water partition coefficient (Wildman–Crippen LogP) is -5.86. The number of carboxylic acid groups (broad SMARTS) is 6. The summed E-state index contributed by atoms with van der Waals surface area (Å²) in [4.78, 5) is 58.6. The number of carbonyl (C=O) groups is 6. The third-order valence-corrected chi connectivity index (χ3v) is 3.04. The first-order chi connectivity index (χ1) is 13.9. The highest BCUT2D eigenvalue weighted by Crippen LogP contribution is 1.98. The molecule has 0 aliphatic carbocycles. The van der Waals surface area contributed by atoms with E-state index in [4.69, 9.17) is 0 Å². The standard InChI is InChI=1S/3C6H10O4/c3*7-5(8)3-1-2-4-6(9)10/h3*1-4H2,(H,7,8)(H,9,10)/p-6. The SMILES string of the molecule is O=C([O-])CCCCC(=O)[O-].O=C([O-])CCCCC(=O)[O-].O=C([O-])CCCCC(=O)[O-]. The van der Waals surface area contributed by atoms with Crippen LogP contribution in [0.4, 0.5) is 0 Å². The van der Waals surface area contributed by atoms with Gasteiger partial charge in [0.05, 0.1) is 0 Å². The van der Waals surface area contributed by atoms with Gasteiger partial charge in [0.2, 0.25) is 0 Å². The van der Waals surface area contributed by atoms with E-state index >= 15 is 0 Å². The van der Waals surface area contributed by atoms with Crippen molar-refractivity contribution in [3.05, 3.63) is 0 Å². The van der Waals surface area contributed by atoms with Gasteiger partial charge in [-0.1, -0.05) is 0 Å². The Balaban J connectivity index is -0.000000364. The summed E-state index contributed by atoms with van der Waals surface area (Å²) in [5.41, 5.74) is 0. The van der Waals surface area contributed by atoms with Gasteiger partial charge in [-0.05, 0) is 77.0 Å². The number of aliphatic carboxylic acids is 6. The molecule has 0 heterocycles. The van der Waals surface area contributed by atoms with Gasteiger partial charge < -0.3 is 59.4 Å². The third kappa shape index (κ3) is 44.3.